The van der Waals surface area contributed by atoms with Crippen LogP contribution in [-0.2, 0) is 4.79 Å². The van der Waals surface area contributed by atoms with Crippen LogP contribution in [0.25, 0.3) is 11.3 Å². The molecule has 0 aliphatic heterocycles. The molecule has 1 fully saturated rings. The number of nitrogens with one attached hydrogen (secondary N) is 1. The number of ether oxygens (including phenoxy) is 1. The highest BCUT2D eigenvalue weighted by Crippen LogP contribution is 2.29. The zero-order valence-electron chi connectivity index (χ0n) is 12.0. The molecule has 0 bridgehead atoms. The third-order valence-electron chi connectivity index (χ3n) is 4.11. The lowest BCUT2D eigenvalue weighted by molar-refractivity contribution is -0.125. The van der Waals surface area contributed by atoms with Gasteiger partial charge in [-0.3, -0.25) is 4.79 Å². The minimum absolute atomic E-state index is 0.163. The number of ketones is 1. The molecule has 1 aliphatic carbocycles. The van der Waals surface area contributed by atoms with E-state index in [-0.39, 0.29) is 18.3 Å². The van der Waals surface area contributed by atoms with E-state index in [1.54, 1.807) is 12.5 Å². The summed E-state index contributed by atoms with van der Waals surface area (Å²) >= 11 is 0. The van der Waals surface area contributed by atoms with Crippen LogP contribution >= 0.6 is 0 Å². The Morgan fingerprint density at radius 1 is 1.24 bits per heavy atom. The predicted molar refractivity (Wildman–Crippen MR) is 81.1 cm³/mol. The van der Waals surface area contributed by atoms with Crippen molar-refractivity contribution in [1.29, 1.82) is 0 Å². The number of rotatable bonds is 5. The zero-order chi connectivity index (χ0) is 14.5. The van der Waals surface area contributed by atoms with Crippen LogP contribution in [0.2, 0.25) is 0 Å². The third kappa shape index (κ3) is 3.32. The van der Waals surface area contributed by atoms with Gasteiger partial charge in [0.25, 0.3) is 0 Å². The largest absolute Gasteiger partial charge is 0.485 e. The minimum atomic E-state index is 0.163. The first kappa shape index (κ1) is 13.9. The first-order chi connectivity index (χ1) is 10.3. The number of aromatic nitrogens is 2. The summed E-state index contributed by atoms with van der Waals surface area (Å²) in [5.41, 5.74) is 1.84. The van der Waals surface area contributed by atoms with Gasteiger partial charge in [0, 0.05) is 11.5 Å². The molecule has 0 unspecified atom stereocenters. The third-order valence-corrected chi connectivity index (χ3v) is 4.11. The summed E-state index contributed by atoms with van der Waals surface area (Å²) in [7, 11) is 0. The zero-order valence-corrected chi connectivity index (χ0v) is 12.0. The van der Waals surface area contributed by atoms with E-state index in [4.69, 9.17) is 4.74 Å². The maximum atomic E-state index is 12.2. The summed E-state index contributed by atoms with van der Waals surface area (Å²) in [5, 5.41) is 0. The van der Waals surface area contributed by atoms with Gasteiger partial charge in [-0.05, 0) is 25.0 Å². The van der Waals surface area contributed by atoms with Crippen molar-refractivity contribution >= 4 is 5.78 Å². The van der Waals surface area contributed by atoms with Crippen LogP contribution in [0.15, 0.2) is 36.8 Å². The number of nitrogens with zero attached hydrogens (tertiary/aromatic N) is 1. The smallest absolute Gasteiger partial charge is 0.173 e. The second-order valence-corrected chi connectivity index (χ2v) is 5.55. The molecule has 1 aromatic carbocycles. The van der Waals surface area contributed by atoms with Crippen molar-refractivity contribution in [3.8, 4) is 17.0 Å². The van der Waals surface area contributed by atoms with Crippen LogP contribution in [0.1, 0.15) is 32.1 Å². The van der Waals surface area contributed by atoms with Gasteiger partial charge in [-0.15, -0.1) is 0 Å². The van der Waals surface area contributed by atoms with Gasteiger partial charge in [0.1, 0.15) is 12.4 Å². The Labute approximate surface area is 124 Å². The molecule has 4 nitrogen and oxygen atoms in total. The average molecular weight is 284 g/mol. The van der Waals surface area contributed by atoms with Crippen LogP contribution in [-0.4, -0.2) is 22.4 Å². The quantitative estimate of drug-likeness (QED) is 0.912. The summed E-state index contributed by atoms with van der Waals surface area (Å²) in [5.74, 6) is 1.15. The molecule has 3 rings (SSSR count). The molecule has 1 N–H and O–H groups in total. The van der Waals surface area contributed by atoms with Crippen molar-refractivity contribution in [3.63, 3.8) is 0 Å². The molecule has 1 aromatic heterocycles. The van der Waals surface area contributed by atoms with Crippen molar-refractivity contribution in [2.45, 2.75) is 32.1 Å². The van der Waals surface area contributed by atoms with Crippen LogP contribution in [0.5, 0.6) is 5.75 Å². The van der Waals surface area contributed by atoms with E-state index in [1.807, 2.05) is 24.3 Å². The van der Waals surface area contributed by atoms with Crippen molar-refractivity contribution < 1.29 is 9.53 Å². The Morgan fingerprint density at radius 2 is 2.05 bits per heavy atom. The van der Waals surface area contributed by atoms with E-state index in [0.717, 1.165) is 29.8 Å². The Morgan fingerprint density at radius 3 is 2.81 bits per heavy atom. The lowest BCUT2D eigenvalue weighted by atomic mass is 9.86. The molecule has 2 aromatic rings. The second-order valence-electron chi connectivity index (χ2n) is 5.55. The number of benzene rings is 1. The topological polar surface area (TPSA) is 55.0 Å². The fraction of sp³-hybridized carbons (Fsp3) is 0.412. The number of carbonyl (C=O) groups excluding carboxylic acids is 1. The Hall–Kier alpha value is -2.10. The number of para-hydroxylation sites is 1. The van der Waals surface area contributed by atoms with E-state index in [0.29, 0.717) is 0 Å². The van der Waals surface area contributed by atoms with Crippen LogP contribution in [0, 0.1) is 5.92 Å². The van der Waals surface area contributed by atoms with Crippen molar-refractivity contribution in [2.75, 3.05) is 6.61 Å². The molecule has 0 saturated heterocycles. The van der Waals surface area contributed by atoms with Gasteiger partial charge >= 0.3 is 0 Å². The molecule has 1 heterocycles. The van der Waals surface area contributed by atoms with Crippen LogP contribution < -0.4 is 4.74 Å². The molecular weight excluding hydrogens is 264 g/mol. The van der Waals surface area contributed by atoms with Gasteiger partial charge in [0.2, 0.25) is 0 Å². The number of Topliss-reactive ketones (excluding diaryl/α,β-unsaturated/α-hetero) is 1. The number of hydrogen-bond acceptors (Lipinski definition) is 3. The highest BCUT2D eigenvalue weighted by atomic mass is 16.5. The van der Waals surface area contributed by atoms with Gasteiger partial charge in [0.15, 0.2) is 5.78 Å². The minimum Gasteiger partial charge on any atom is -0.485 e. The van der Waals surface area contributed by atoms with Gasteiger partial charge < -0.3 is 9.72 Å². The Balaban J connectivity index is 1.66. The number of H-pyrrole nitrogens is 1. The van der Waals surface area contributed by atoms with Crippen LogP contribution in [0.4, 0.5) is 0 Å². The number of hydrogen-bond donors (Lipinski definition) is 1. The molecule has 0 radical (unpaired) electrons. The maximum absolute atomic E-state index is 12.2. The molecule has 21 heavy (non-hydrogen) atoms. The van der Waals surface area contributed by atoms with Gasteiger partial charge in [-0.1, -0.05) is 31.4 Å². The summed E-state index contributed by atoms with van der Waals surface area (Å²) in [4.78, 5) is 19.3. The summed E-state index contributed by atoms with van der Waals surface area (Å²) < 4.78 is 5.78. The Kier molecular flexibility index (Phi) is 4.34. The lowest BCUT2D eigenvalue weighted by Crippen LogP contribution is -2.23. The summed E-state index contributed by atoms with van der Waals surface area (Å²) in [6.45, 7) is 0.163. The van der Waals surface area contributed by atoms with Gasteiger partial charge in [-0.25, -0.2) is 4.98 Å². The molecular formula is C17H20N2O2. The maximum Gasteiger partial charge on any atom is 0.173 e. The lowest BCUT2D eigenvalue weighted by Gasteiger charge is -2.20. The average Bonchev–Trinajstić information content (AvgIpc) is 3.08. The fourth-order valence-corrected chi connectivity index (χ4v) is 2.91. The monoisotopic (exact) mass is 284 g/mol. The summed E-state index contributed by atoms with van der Waals surface area (Å²) in [6, 6.07) is 7.73. The SMILES string of the molecule is O=C(COc1ccccc1-c1cnc[nH]1)C1CCCCC1. The van der Waals surface area contributed by atoms with E-state index in [9.17, 15) is 4.79 Å². The Bertz CT molecular complexity index is 587. The highest BCUT2D eigenvalue weighted by Gasteiger charge is 2.21. The summed E-state index contributed by atoms with van der Waals surface area (Å²) in [6.07, 6.45) is 9.02. The predicted octanol–water partition coefficient (Wildman–Crippen LogP) is 3.60. The normalized spacial score (nSPS) is 15.8. The second kappa shape index (κ2) is 6.57. The first-order valence-corrected chi connectivity index (χ1v) is 7.58. The molecule has 0 atom stereocenters. The van der Waals surface area contributed by atoms with E-state index >= 15 is 0 Å². The molecule has 4 heteroatoms. The number of imidazole rings is 1. The van der Waals surface area contributed by atoms with Gasteiger partial charge in [-0.2, -0.15) is 0 Å². The molecule has 110 valence electrons. The standard InChI is InChI=1S/C17H20N2O2/c20-16(13-6-2-1-3-7-13)11-21-17-9-5-4-8-14(17)15-10-18-12-19-15/h4-5,8-10,12-13H,1-3,6-7,11H2,(H,18,19). The fourth-order valence-electron chi connectivity index (χ4n) is 2.91. The van der Waals surface area contributed by atoms with Crippen molar-refractivity contribution in [2.24, 2.45) is 5.92 Å². The van der Waals surface area contributed by atoms with E-state index in [2.05, 4.69) is 9.97 Å². The van der Waals surface area contributed by atoms with E-state index in [1.165, 1.54) is 19.3 Å². The highest BCUT2D eigenvalue weighted by molar-refractivity contribution is 5.82. The van der Waals surface area contributed by atoms with Crippen molar-refractivity contribution in [3.05, 3.63) is 36.8 Å². The van der Waals surface area contributed by atoms with E-state index < -0.39 is 0 Å². The number of carbonyl (C=O) groups is 1. The number of aromatic amines is 1. The van der Waals surface area contributed by atoms with Crippen molar-refractivity contribution in [1.82, 2.24) is 9.97 Å². The molecule has 1 aliphatic rings. The molecule has 0 amide bonds. The van der Waals surface area contributed by atoms with Gasteiger partial charge in [0.05, 0.1) is 18.2 Å². The molecule has 1 saturated carbocycles. The van der Waals surface area contributed by atoms with Crippen LogP contribution in [0.3, 0.4) is 0 Å². The molecule has 0 spiro atoms. The first-order valence-electron chi connectivity index (χ1n) is 7.58.